The predicted molar refractivity (Wildman–Crippen MR) is 143 cm³/mol. The van der Waals surface area contributed by atoms with Crippen LogP contribution in [0.1, 0.15) is 13.3 Å². The first-order valence-electron chi connectivity index (χ1n) is 13.0. The number of anilines is 1. The van der Waals surface area contributed by atoms with Crippen molar-refractivity contribution in [3.8, 4) is 33.8 Å². The molecule has 0 aliphatic carbocycles. The predicted octanol–water partition coefficient (Wildman–Crippen LogP) is 3.43. The Morgan fingerprint density at radius 1 is 1.21 bits per heavy atom. The topological polar surface area (TPSA) is 104 Å². The number of halogens is 1. The summed E-state index contributed by atoms with van der Waals surface area (Å²) in [4.78, 5) is 19.0. The van der Waals surface area contributed by atoms with Crippen molar-refractivity contribution in [1.82, 2.24) is 25.1 Å². The SMILES string of the molecule is CCn1cnc2c(-c3ccc(F)c(-c4cc5c(cc4OC)N(CCC4CNCCO4)C(=O)CO5)c3)cnnc21. The number of methoxy groups -OCH3 is 1. The molecule has 4 heterocycles. The molecule has 1 N–H and O–H groups in total. The number of fused-ring (bicyclic) bond motifs is 2. The molecule has 4 aromatic rings. The minimum atomic E-state index is -0.417. The van der Waals surface area contributed by atoms with E-state index in [0.717, 1.165) is 24.2 Å². The summed E-state index contributed by atoms with van der Waals surface area (Å²) < 4.78 is 34.5. The van der Waals surface area contributed by atoms with Gasteiger partial charge in [-0.1, -0.05) is 6.07 Å². The van der Waals surface area contributed by atoms with E-state index >= 15 is 4.39 Å². The first-order chi connectivity index (χ1) is 19.1. The van der Waals surface area contributed by atoms with Crippen LogP contribution in [0.2, 0.25) is 0 Å². The Morgan fingerprint density at radius 3 is 2.90 bits per heavy atom. The molecule has 0 spiro atoms. The second-order valence-corrected chi connectivity index (χ2v) is 9.50. The standard InChI is InChI=1S/C28H29FN6O4/c1-3-34-16-31-27-21(14-32-33-28(27)34)17-4-5-22(29)19(10-17)20-11-25-23(12-24(20)37-2)35(26(36)15-39-25)8-6-18-13-30-7-9-38-18/h4-5,10-12,14,16,18,30H,3,6-9,13,15H2,1-2H3. The summed E-state index contributed by atoms with van der Waals surface area (Å²) in [5.74, 6) is 0.361. The van der Waals surface area contributed by atoms with Crippen LogP contribution < -0.4 is 19.7 Å². The van der Waals surface area contributed by atoms with Crippen LogP contribution in [0.25, 0.3) is 33.4 Å². The highest BCUT2D eigenvalue weighted by Crippen LogP contribution is 2.44. The maximum absolute atomic E-state index is 15.3. The summed E-state index contributed by atoms with van der Waals surface area (Å²) in [6, 6.07) is 8.34. The molecule has 1 unspecified atom stereocenters. The molecule has 10 nitrogen and oxygen atoms in total. The molecule has 1 saturated heterocycles. The zero-order valence-electron chi connectivity index (χ0n) is 21.8. The summed E-state index contributed by atoms with van der Waals surface area (Å²) in [6.45, 7) is 5.33. The second-order valence-electron chi connectivity index (χ2n) is 9.50. The Balaban J connectivity index is 1.38. The van der Waals surface area contributed by atoms with Gasteiger partial charge >= 0.3 is 0 Å². The number of benzene rings is 2. The largest absolute Gasteiger partial charge is 0.496 e. The second kappa shape index (κ2) is 10.6. The summed E-state index contributed by atoms with van der Waals surface area (Å²) in [5, 5.41) is 11.7. The van der Waals surface area contributed by atoms with E-state index in [1.165, 1.54) is 13.2 Å². The van der Waals surface area contributed by atoms with Crippen molar-refractivity contribution in [1.29, 1.82) is 0 Å². The molecule has 1 amide bonds. The minimum absolute atomic E-state index is 0.0358. The lowest BCUT2D eigenvalue weighted by Gasteiger charge is -2.32. The molecule has 2 aliphatic rings. The molecule has 0 saturated carbocycles. The van der Waals surface area contributed by atoms with E-state index in [0.29, 0.717) is 65.6 Å². The molecule has 2 aromatic heterocycles. The van der Waals surface area contributed by atoms with Crippen molar-refractivity contribution >= 4 is 22.8 Å². The van der Waals surface area contributed by atoms with Gasteiger partial charge in [0, 0.05) is 48.9 Å². The number of ether oxygens (including phenoxy) is 3. The van der Waals surface area contributed by atoms with E-state index in [1.54, 1.807) is 41.7 Å². The van der Waals surface area contributed by atoms with E-state index in [2.05, 4.69) is 20.5 Å². The summed E-state index contributed by atoms with van der Waals surface area (Å²) >= 11 is 0. The molecule has 2 aromatic carbocycles. The van der Waals surface area contributed by atoms with Gasteiger partial charge < -0.3 is 29.0 Å². The Kier molecular flexibility index (Phi) is 6.84. The molecule has 39 heavy (non-hydrogen) atoms. The zero-order chi connectivity index (χ0) is 26.9. The van der Waals surface area contributed by atoms with Crippen molar-refractivity contribution < 1.29 is 23.4 Å². The van der Waals surface area contributed by atoms with E-state index < -0.39 is 5.82 Å². The number of nitrogens with zero attached hydrogens (tertiary/aromatic N) is 5. The van der Waals surface area contributed by atoms with E-state index in [9.17, 15) is 4.79 Å². The lowest BCUT2D eigenvalue weighted by molar-refractivity contribution is -0.121. The van der Waals surface area contributed by atoms with Crippen LogP contribution in [-0.2, 0) is 16.1 Å². The number of aryl methyl sites for hydroxylation is 1. The van der Waals surface area contributed by atoms with E-state index in [4.69, 9.17) is 14.2 Å². The third-order valence-electron chi connectivity index (χ3n) is 7.22. The number of rotatable bonds is 7. The van der Waals surface area contributed by atoms with Crippen LogP contribution in [0.5, 0.6) is 11.5 Å². The van der Waals surface area contributed by atoms with Crippen molar-refractivity contribution in [2.45, 2.75) is 26.0 Å². The number of aromatic nitrogens is 4. The Bertz CT molecular complexity index is 1530. The maximum Gasteiger partial charge on any atom is 0.265 e. The van der Waals surface area contributed by atoms with Crippen LogP contribution in [0.4, 0.5) is 10.1 Å². The summed E-state index contributed by atoms with van der Waals surface area (Å²) in [6.07, 6.45) is 4.07. The van der Waals surface area contributed by atoms with Gasteiger partial charge in [0.2, 0.25) is 0 Å². The fourth-order valence-corrected chi connectivity index (χ4v) is 5.15. The third-order valence-corrected chi connectivity index (χ3v) is 7.22. The molecule has 0 bridgehead atoms. The summed E-state index contributed by atoms with van der Waals surface area (Å²) in [5.41, 5.74) is 4.29. The van der Waals surface area contributed by atoms with Crippen molar-refractivity contribution in [3.63, 3.8) is 0 Å². The van der Waals surface area contributed by atoms with E-state index in [-0.39, 0.29) is 18.6 Å². The number of amides is 1. The molecule has 0 radical (unpaired) electrons. The lowest BCUT2D eigenvalue weighted by atomic mass is 9.97. The van der Waals surface area contributed by atoms with Gasteiger partial charge in [-0.15, -0.1) is 5.10 Å². The normalized spacial score (nSPS) is 17.3. The smallest absolute Gasteiger partial charge is 0.265 e. The number of morpholine rings is 1. The fraction of sp³-hybridized carbons (Fsp3) is 0.357. The van der Waals surface area contributed by atoms with Gasteiger partial charge in [0.1, 0.15) is 22.8 Å². The first-order valence-corrected chi connectivity index (χ1v) is 13.0. The monoisotopic (exact) mass is 532 g/mol. The number of hydrogen-bond acceptors (Lipinski definition) is 8. The molecule has 1 atom stereocenters. The average molecular weight is 533 g/mol. The summed E-state index contributed by atoms with van der Waals surface area (Å²) in [7, 11) is 1.53. The van der Waals surface area contributed by atoms with Crippen molar-refractivity contribution in [2.75, 3.05) is 44.9 Å². The van der Waals surface area contributed by atoms with Gasteiger partial charge in [-0.25, -0.2) is 9.37 Å². The highest BCUT2D eigenvalue weighted by atomic mass is 19.1. The third kappa shape index (κ3) is 4.68. The number of imidazole rings is 1. The van der Waals surface area contributed by atoms with Gasteiger partial charge in [-0.3, -0.25) is 4.79 Å². The van der Waals surface area contributed by atoms with Crippen LogP contribution in [-0.4, -0.2) is 71.7 Å². The number of hydrogen-bond donors (Lipinski definition) is 1. The zero-order valence-corrected chi connectivity index (χ0v) is 21.8. The van der Waals surface area contributed by atoms with Crippen molar-refractivity contribution in [2.24, 2.45) is 0 Å². The number of carbonyl (C=O) groups is 1. The quantitative estimate of drug-likeness (QED) is 0.386. The Labute approximate surface area is 224 Å². The minimum Gasteiger partial charge on any atom is -0.496 e. The first kappa shape index (κ1) is 25.2. The molecular weight excluding hydrogens is 503 g/mol. The van der Waals surface area contributed by atoms with E-state index in [1.807, 2.05) is 11.5 Å². The molecule has 202 valence electrons. The fourth-order valence-electron chi connectivity index (χ4n) is 5.15. The van der Waals surface area contributed by atoms with Gasteiger partial charge in [0.15, 0.2) is 12.3 Å². The highest BCUT2D eigenvalue weighted by molar-refractivity contribution is 5.99. The molecule has 6 rings (SSSR count). The van der Waals surface area contributed by atoms with Crippen LogP contribution in [0.3, 0.4) is 0 Å². The molecule has 2 aliphatic heterocycles. The van der Waals surface area contributed by atoms with Crippen LogP contribution in [0.15, 0.2) is 42.9 Å². The Morgan fingerprint density at radius 2 is 2.10 bits per heavy atom. The van der Waals surface area contributed by atoms with Gasteiger partial charge in [-0.2, -0.15) is 5.10 Å². The average Bonchev–Trinajstić information content (AvgIpc) is 3.40. The number of nitrogens with one attached hydrogen (secondary N) is 1. The van der Waals surface area contributed by atoms with Gasteiger partial charge in [0.05, 0.1) is 38.0 Å². The molecule has 11 heteroatoms. The molecular formula is C28H29FN6O4. The highest BCUT2D eigenvalue weighted by Gasteiger charge is 2.29. The number of carbonyl (C=O) groups excluding carboxylic acids is 1. The van der Waals surface area contributed by atoms with Gasteiger partial charge in [-0.05, 0) is 37.1 Å². The van der Waals surface area contributed by atoms with Crippen LogP contribution >= 0.6 is 0 Å². The lowest BCUT2D eigenvalue weighted by Crippen LogP contribution is -2.44. The molecule has 1 fully saturated rings. The van der Waals surface area contributed by atoms with Gasteiger partial charge in [0.25, 0.3) is 5.91 Å². The Hall–Kier alpha value is -4.09. The van der Waals surface area contributed by atoms with Crippen molar-refractivity contribution in [3.05, 3.63) is 48.7 Å². The maximum atomic E-state index is 15.3. The van der Waals surface area contributed by atoms with Crippen LogP contribution in [0, 0.1) is 5.82 Å².